The maximum absolute atomic E-state index is 8.49. The summed E-state index contributed by atoms with van der Waals surface area (Å²) in [6, 6.07) is 0. The zero-order chi connectivity index (χ0) is 10.1. The molecule has 1 aliphatic rings. The molecule has 84 valence electrons. The van der Waals surface area contributed by atoms with E-state index in [0.29, 0.717) is 6.61 Å². The topological polar surface area (TPSA) is 44.7 Å². The Morgan fingerprint density at radius 3 is 2.64 bits per heavy atom. The molecule has 0 amide bonds. The van der Waals surface area contributed by atoms with E-state index < -0.39 is 0 Å². The Kier molecular flexibility index (Phi) is 6.95. The molecule has 14 heavy (non-hydrogen) atoms. The van der Waals surface area contributed by atoms with Crippen LogP contribution in [-0.2, 0) is 4.74 Å². The Hall–Kier alpha value is -0.160. The van der Waals surface area contributed by atoms with Crippen LogP contribution < -0.4 is 5.32 Å². The highest BCUT2D eigenvalue weighted by molar-refractivity contribution is 4.66. The first-order valence-corrected chi connectivity index (χ1v) is 5.55. The highest BCUT2D eigenvalue weighted by Crippen LogP contribution is 1.97. The zero-order valence-corrected chi connectivity index (χ0v) is 8.87. The van der Waals surface area contributed by atoms with E-state index in [9.17, 15) is 0 Å². The van der Waals surface area contributed by atoms with E-state index in [1.54, 1.807) is 0 Å². The Labute approximate surface area is 86.2 Å². The van der Waals surface area contributed by atoms with E-state index in [2.05, 4.69) is 10.2 Å². The fourth-order valence-corrected chi connectivity index (χ4v) is 1.64. The summed E-state index contributed by atoms with van der Waals surface area (Å²) in [5.41, 5.74) is 0. The first-order chi connectivity index (χ1) is 6.93. The van der Waals surface area contributed by atoms with Crippen LogP contribution in [0.2, 0.25) is 0 Å². The molecule has 0 unspecified atom stereocenters. The zero-order valence-electron chi connectivity index (χ0n) is 8.87. The Morgan fingerprint density at radius 2 is 1.93 bits per heavy atom. The van der Waals surface area contributed by atoms with Crippen molar-refractivity contribution < 1.29 is 9.84 Å². The standard InChI is InChI=1S/C10H22N2O2/c13-8-10-14-9-2-1-5-12-6-3-11-4-7-12/h11,13H,1-10H2. The van der Waals surface area contributed by atoms with Gasteiger partial charge in [0.2, 0.25) is 0 Å². The highest BCUT2D eigenvalue weighted by Gasteiger charge is 2.07. The van der Waals surface area contributed by atoms with E-state index in [-0.39, 0.29) is 6.61 Å². The van der Waals surface area contributed by atoms with Crippen molar-refractivity contribution >= 4 is 0 Å². The van der Waals surface area contributed by atoms with Crippen LogP contribution in [0, 0.1) is 0 Å². The van der Waals surface area contributed by atoms with E-state index in [4.69, 9.17) is 9.84 Å². The SMILES string of the molecule is OCCOCCCCN1CCNCC1. The first kappa shape index (κ1) is 11.9. The van der Waals surface area contributed by atoms with Crippen molar-refractivity contribution in [3.8, 4) is 0 Å². The Morgan fingerprint density at radius 1 is 1.14 bits per heavy atom. The molecule has 0 aromatic heterocycles. The molecule has 0 aliphatic carbocycles. The molecule has 0 spiro atoms. The number of piperazine rings is 1. The van der Waals surface area contributed by atoms with Gasteiger partial charge in [-0.05, 0) is 19.4 Å². The van der Waals surface area contributed by atoms with Gasteiger partial charge in [-0.2, -0.15) is 0 Å². The second kappa shape index (κ2) is 8.17. The van der Waals surface area contributed by atoms with Crippen molar-refractivity contribution in [3.63, 3.8) is 0 Å². The van der Waals surface area contributed by atoms with Crippen molar-refractivity contribution in [2.24, 2.45) is 0 Å². The average molecular weight is 202 g/mol. The first-order valence-electron chi connectivity index (χ1n) is 5.55. The molecule has 1 heterocycles. The lowest BCUT2D eigenvalue weighted by Gasteiger charge is -2.26. The maximum Gasteiger partial charge on any atom is 0.0697 e. The number of nitrogens with one attached hydrogen (secondary N) is 1. The number of hydrogen-bond acceptors (Lipinski definition) is 4. The molecule has 1 aliphatic heterocycles. The number of ether oxygens (including phenoxy) is 1. The van der Waals surface area contributed by atoms with E-state index in [1.807, 2.05) is 0 Å². The number of hydrogen-bond donors (Lipinski definition) is 2. The van der Waals surface area contributed by atoms with Gasteiger partial charge in [-0.15, -0.1) is 0 Å². The van der Waals surface area contributed by atoms with Gasteiger partial charge < -0.3 is 20.1 Å². The molecule has 0 aromatic rings. The average Bonchev–Trinajstić information content (AvgIpc) is 2.25. The van der Waals surface area contributed by atoms with Crippen molar-refractivity contribution in [2.75, 3.05) is 52.5 Å². The molecule has 0 atom stereocenters. The Bertz CT molecular complexity index is 127. The van der Waals surface area contributed by atoms with E-state index in [1.165, 1.54) is 26.1 Å². The number of aliphatic hydroxyl groups is 1. The molecule has 2 N–H and O–H groups in total. The van der Waals surface area contributed by atoms with Crippen LogP contribution in [0.3, 0.4) is 0 Å². The third-order valence-electron chi connectivity index (χ3n) is 2.46. The molecular weight excluding hydrogens is 180 g/mol. The minimum atomic E-state index is 0.137. The quantitative estimate of drug-likeness (QED) is 0.555. The smallest absolute Gasteiger partial charge is 0.0697 e. The van der Waals surface area contributed by atoms with Gasteiger partial charge in [0.15, 0.2) is 0 Å². The van der Waals surface area contributed by atoms with Crippen LogP contribution in [0.1, 0.15) is 12.8 Å². The summed E-state index contributed by atoms with van der Waals surface area (Å²) in [7, 11) is 0. The molecule has 0 aromatic carbocycles. The van der Waals surface area contributed by atoms with E-state index in [0.717, 1.165) is 26.1 Å². The lowest BCUT2D eigenvalue weighted by atomic mass is 10.3. The highest BCUT2D eigenvalue weighted by atomic mass is 16.5. The number of rotatable bonds is 7. The normalized spacial score (nSPS) is 18.6. The van der Waals surface area contributed by atoms with Gasteiger partial charge in [-0.3, -0.25) is 0 Å². The molecule has 1 saturated heterocycles. The fraction of sp³-hybridized carbons (Fsp3) is 1.00. The fourth-order valence-electron chi connectivity index (χ4n) is 1.64. The van der Waals surface area contributed by atoms with Crippen LogP contribution in [0.15, 0.2) is 0 Å². The summed E-state index contributed by atoms with van der Waals surface area (Å²) in [6.45, 7) is 7.19. The molecule has 0 bridgehead atoms. The predicted molar refractivity (Wildman–Crippen MR) is 56.4 cm³/mol. The molecule has 4 heteroatoms. The van der Waals surface area contributed by atoms with Crippen LogP contribution in [0.5, 0.6) is 0 Å². The van der Waals surface area contributed by atoms with Gasteiger partial charge in [0, 0.05) is 32.8 Å². The number of unbranched alkanes of at least 4 members (excludes halogenated alkanes) is 1. The van der Waals surface area contributed by atoms with Crippen molar-refractivity contribution in [1.29, 1.82) is 0 Å². The monoisotopic (exact) mass is 202 g/mol. The van der Waals surface area contributed by atoms with Gasteiger partial charge in [0.25, 0.3) is 0 Å². The van der Waals surface area contributed by atoms with Gasteiger partial charge in [-0.25, -0.2) is 0 Å². The summed E-state index contributed by atoms with van der Waals surface area (Å²) in [5.74, 6) is 0. The predicted octanol–water partition coefficient (Wildman–Crippen LogP) is -0.319. The summed E-state index contributed by atoms with van der Waals surface area (Å²) in [4.78, 5) is 2.49. The van der Waals surface area contributed by atoms with Crippen LogP contribution >= 0.6 is 0 Å². The van der Waals surface area contributed by atoms with Gasteiger partial charge in [0.1, 0.15) is 0 Å². The van der Waals surface area contributed by atoms with Crippen LogP contribution in [-0.4, -0.2) is 62.6 Å². The minimum absolute atomic E-state index is 0.137. The van der Waals surface area contributed by atoms with Crippen molar-refractivity contribution in [1.82, 2.24) is 10.2 Å². The van der Waals surface area contributed by atoms with Crippen LogP contribution in [0.25, 0.3) is 0 Å². The number of nitrogens with zero attached hydrogens (tertiary/aromatic N) is 1. The van der Waals surface area contributed by atoms with E-state index >= 15 is 0 Å². The summed E-state index contributed by atoms with van der Waals surface area (Å²) >= 11 is 0. The maximum atomic E-state index is 8.49. The van der Waals surface area contributed by atoms with Crippen LogP contribution in [0.4, 0.5) is 0 Å². The Balaban J connectivity index is 1.82. The largest absolute Gasteiger partial charge is 0.394 e. The lowest BCUT2D eigenvalue weighted by Crippen LogP contribution is -2.43. The van der Waals surface area contributed by atoms with Crippen molar-refractivity contribution in [2.45, 2.75) is 12.8 Å². The molecular formula is C10H22N2O2. The second-order valence-corrected chi connectivity index (χ2v) is 3.63. The second-order valence-electron chi connectivity index (χ2n) is 3.63. The molecule has 0 radical (unpaired) electrons. The van der Waals surface area contributed by atoms with Gasteiger partial charge >= 0.3 is 0 Å². The van der Waals surface area contributed by atoms with Crippen molar-refractivity contribution in [3.05, 3.63) is 0 Å². The summed E-state index contributed by atoms with van der Waals surface area (Å²) in [6.07, 6.45) is 2.30. The van der Waals surface area contributed by atoms with Gasteiger partial charge in [0.05, 0.1) is 13.2 Å². The lowest BCUT2D eigenvalue weighted by molar-refractivity contribution is 0.0877. The third kappa shape index (κ3) is 5.54. The molecule has 1 rings (SSSR count). The number of aliphatic hydroxyl groups excluding tert-OH is 1. The van der Waals surface area contributed by atoms with Gasteiger partial charge in [-0.1, -0.05) is 0 Å². The summed E-state index contributed by atoms with van der Waals surface area (Å²) < 4.78 is 5.19. The third-order valence-corrected chi connectivity index (χ3v) is 2.46. The molecule has 1 fully saturated rings. The molecule has 0 saturated carbocycles. The minimum Gasteiger partial charge on any atom is -0.394 e. The summed E-state index contributed by atoms with van der Waals surface area (Å²) in [5, 5.41) is 11.8. The molecule has 4 nitrogen and oxygen atoms in total.